The van der Waals surface area contributed by atoms with Gasteiger partial charge in [-0.3, -0.25) is 0 Å². The number of fused-ring (bicyclic) bond motifs is 5. The van der Waals surface area contributed by atoms with E-state index in [9.17, 15) is 10.2 Å². The molecule has 0 heterocycles. The van der Waals surface area contributed by atoms with Gasteiger partial charge >= 0.3 is 0 Å². The fourth-order valence-corrected chi connectivity index (χ4v) is 8.29. The Labute approximate surface area is 178 Å². The second-order valence-electron chi connectivity index (χ2n) is 11.5. The highest BCUT2D eigenvalue weighted by Gasteiger charge is 2.60. The highest BCUT2D eigenvalue weighted by Crippen LogP contribution is 2.67. The molecule has 4 rings (SSSR count). The lowest BCUT2D eigenvalue weighted by molar-refractivity contribution is -0.107. The van der Waals surface area contributed by atoms with E-state index in [4.69, 9.17) is 0 Å². The van der Waals surface area contributed by atoms with E-state index < -0.39 is 0 Å². The third-order valence-corrected chi connectivity index (χ3v) is 9.82. The van der Waals surface area contributed by atoms with Crippen molar-refractivity contribution in [3.05, 3.63) is 29.0 Å². The Bertz CT molecular complexity index is 725. The lowest BCUT2D eigenvalue weighted by Crippen LogP contribution is -2.55. The third kappa shape index (κ3) is 3.40. The van der Waals surface area contributed by atoms with Crippen molar-refractivity contribution in [2.75, 3.05) is 0 Å². The molecule has 4 aliphatic rings. The van der Waals surface area contributed by atoms with Crippen LogP contribution in [0.5, 0.6) is 0 Å². The van der Waals surface area contributed by atoms with Crippen LogP contribution in [0.15, 0.2) is 29.0 Å². The Balaban J connectivity index is 1.57. The predicted molar refractivity (Wildman–Crippen MR) is 119 cm³/mol. The molecule has 3 fully saturated rings. The van der Waals surface area contributed by atoms with E-state index >= 15 is 0 Å². The minimum atomic E-state index is -0.389. The Hall–Kier alpha value is -0.820. The predicted octanol–water partition coefficient (Wildman–Crippen LogP) is 6.04. The quantitative estimate of drug-likeness (QED) is 0.449. The van der Waals surface area contributed by atoms with E-state index in [1.54, 1.807) is 0 Å². The van der Waals surface area contributed by atoms with E-state index in [2.05, 4.69) is 52.5 Å². The fourth-order valence-electron chi connectivity index (χ4n) is 8.29. The largest absolute Gasteiger partial charge is 0.393 e. The number of hydrogen-bond donors (Lipinski definition) is 2. The molecular weight excluding hydrogens is 356 g/mol. The summed E-state index contributed by atoms with van der Waals surface area (Å²) in [4.78, 5) is 0. The fraction of sp³-hybridized carbons (Fsp3) is 0.815. The third-order valence-electron chi connectivity index (χ3n) is 9.82. The summed E-state index contributed by atoms with van der Waals surface area (Å²) in [5, 5.41) is 21.3. The first-order valence-electron chi connectivity index (χ1n) is 12.1. The molecule has 29 heavy (non-hydrogen) atoms. The van der Waals surface area contributed by atoms with Gasteiger partial charge in [-0.1, -0.05) is 32.4 Å². The molecule has 0 bridgehead atoms. The van der Waals surface area contributed by atoms with Gasteiger partial charge in [0.2, 0.25) is 0 Å². The van der Waals surface area contributed by atoms with Crippen LogP contribution in [0.2, 0.25) is 0 Å². The zero-order chi connectivity index (χ0) is 21.0. The van der Waals surface area contributed by atoms with Crippen LogP contribution in [0.3, 0.4) is 0 Å². The first kappa shape index (κ1) is 21.4. The van der Waals surface area contributed by atoms with Crippen molar-refractivity contribution in [2.24, 2.45) is 40.4 Å². The molecule has 4 aliphatic carbocycles. The van der Waals surface area contributed by atoms with Crippen molar-refractivity contribution < 1.29 is 10.2 Å². The van der Waals surface area contributed by atoms with E-state index in [-0.39, 0.29) is 17.6 Å². The molecule has 0 amide bonds. The Morgan fingerprint density at radius 1 is 1.21 bits per heavy atom. The Morgan fingerprint density at radius 3 is 2.69 bits per heavy atom. The minimum Gasteiger partial charge on any atom is -0.393 e. The summed E-state index contributed by atoms with van der Waals surface area (Å²) in [5.74, 6) is 3.60. The second kappa shape index (κ2) is 7.70. The summed E-state index contributed by atoms with van der Waals surface area (Å²) in [6.45, 7) is 11.6. The molecule has 2 nitrogen and oxygen atoms in total. The summed E-state index contributed by atoms with van der Waals surface area (Å²) in [6.07, 6.45) is 12.8. The first-order valence-corrected chi connectivity index (χ1v) is 12.1. The number of allylic oxidation sites excluding steroid dienone is 2. The van der Waals surface area contributed by atoms with Crippen molar-refractivity contribution in [3.63, 3.8) is 0 Å². The Morgan fingerprint density at radius 2 is 1.97 bits per heavy atom. The van der Waals surface area contributed by atoms with Gasteiger partial charge in [-0.15, -0.1) is 5.73 Å². The minimum absolute atomic E-state index is 0.112. The number of hydrogen-bond acceptors (Lipinski definition) is 2. The van der Waals surface area contributed by atoms with Crippen LogP contribution < -0.4 is 0 Å². The normalized spacial score (nSPS) is 47.2. The van der Waals surface area contributed by atoms with Crippen LogP contribution in [0.4, 0.5) is 0 Å². The van der Waals surface area contributed by atoms with Gasteiger partial charge in [0, 0.05) is 11.8 Å². The lowest BCUT2D eigenvalue weighted by Gasteiger charge is -2.59. The van der Waals surface area contributed by atoms with Gasteiger partial charge in [0.15, 0.2) is 0 Å². The second-order valence-corrected chi connectivity index (χ2v) is 11.5. The molecule has 3 saturated carbocycles. The van der Waals surface area contributed by atoms with Crippen LogP contribution in [-0.4, -0.2) is 22.4 Å². The molecule has 2 heteroatoms. The van der Waals surface area contributed by atoms with Crippen molar-refractivity contribution >= 4 is 0 Å². The summed E-state index contributed by atoms with van der Waals surface area (Å²) in [6, 6.07) is 0. The molecule has 9 atom stereocenters. The highest BCUT2D eigenvalue weighted by molar-refractivity contribution is 5.27. The standard InChI is InChI=1S/C27H42O2/c1-17(2)7-6-8-18(3)22-11-12-23-21-10-9-19-15-20(28)16-25(29)27(19,5)24(21)13-14-26(22,23)4/h6,9,18,20-25,28-29H,8,10-16H2,1-5H3/t18-,20-,21+,22-,23+,24+,25+,26-,27+/m1/s1. The average molecular weight is 399 g/mol. The number of aliphatic hydroxyl groups excluding tert-OH is 2. The summed E-state index contributed by atoms with van der Waals surface area (Å²) in [7, 11) is 0. The smallest absolute Gasteiger partial charge is 0.0658 e. The summed E-state index contributed by atoms with van der Waals surface area (Å²) in [5.41, 5.74) is 6.36. The maximum absolute atomic E-state index is 11.0. The number of aliphatic hydroxyl groups is 2. The van der Waals surface area contributed by atoms with Gasteiger partial charge in [-0.25, -0.2) is 0 Å². The zero-order valence-electron chi connectivity index (χ0n) is 19.2. The monoisotopic (exact) mass is 398 g/mol. The molecule has 162 valence electrons. The van der Waals surface area contributed by atoms with E-state index in [0.29, 0.717) is 29.6 Å². The molecule has 0 aromatic carbocycles. The van der Waals surface area contributed by atoms with Gasteiger partial charge < -0.3 is 10.2 Å². The van der Waals surface area contributed by atoms with E-state index in [1.165, 1.54) is 36.8 Å². The summed E-state index contributed by atoms with van der Waals surface area (Å²) >= 11 is 0. The molecule has 0 aromatic heterocycles. The lowest BCUT2D eigenvalue weighted by atomic mass is 9.46. The van der Waals surface area contributed by atoms with Gasteiger partial charge in [0.05, 0.1) is 12.2 Å². The van der Waals surface area contributed by atoms with Gasteiger partial charge in [-0.05, 0) is 105 Å². The molecule has 2 N–H and O–H groups in total. The Kier molecular flexibility index (Phi) is 5.69. The van der Waals surface area contributed by atoms with E-state index in [0.717, 1.165) is 31.1 Å². The average Bonchev–Trinajstić information content (AvgIpc) is 3.00. The van der Waals surface area contributed by atoms with Gasteiger partial charge in [0.25, 0.3) is 0 Å². The highest BCUT2D eigenvalue weighted by atomic mass is 16.3. The SMILES string of the molecule is CC(C)=C=CC[C@@H](C)[C@H]1CC[C@H]2[C@@H]3CC=C4C[C@@H](O)C[C@H](O)[C@]4(C)[C@H]3CC[C@]12C. The molecule has 0 aliphatic heterocycles. The van der Waals surface area contributed by atoms with Crippen molar-refractivity contribution in [1.82, 2.24) is 0 Å². The zero-order valence-corrected chi connectivity index (χ0v) is 19.2. The molecule has 0 saturated heterocycles. The van der Waals surface area contributed by atoms with Crippen molar-refractivity contribution in [1.29, 1.82) is 0 Å². The number of rotatable bonds is 3. The molecular formula is C27H42O2. The van der Waals surface area contributed by atoms with E-state index in [1.807, 2.05) is 0 Å². The van der Waals surface area contributed by atoms with Crippen LogP contribution in [0.1, 0.15) is 86.0 Å². The van der Waals surface area contributed by atoms with Crippen LogP contribution in [0, 0.1) is 40.4 Å². The molecule has 0 spiro atoms. The van der Waals surface area contributed by atoms with Crippen LogP contribution in [-0.2, 0) is 0 Å². The topological polar surface area (TPSA) is 40.5 Å². The van der Waals surface area contributed by atoms with Gasteiger partial charge in [0.1, 0.15) is 0 Å². The van der Waals surface area contributed by atoms with Crippen LogP contribution in [0.25, 0.3) is 0 Å². The van der Waals surface area contributed by atoms with Gasteiger partial charge in [-0.2, -0.15) is 0 Å². The molecule has 0 radical (unpaired) electrons. The van der Waals surface area contributed by atoms with Crippen LogP contribution >= 0.6 is 0 Å². The maximum atomic E-state index is 11.0. The molecule has 0 aromatic rings. The molecule has 0 unspecified atom stereocenters. The van der Waals surface area contributed by atoms with Crippen molar-refractivity contribution in [3.8, 4) is 0 Å². The maximum Gasteiger partial charge on any atom is 0.0658 e. The summed E-state index contributed by atoms with van der Waals surface area (Å²) < 4.78 is 0. The first-order chi connectivity index (χ1) is 13.7. The van der Waals surface area contributed by atoms with Crippen molar-refractivity contribution in [2.45, 2.75) is 98.2 Å².